The Hall–Kier alpha value is -0.840. The van der Waals surface area contributed by atoms with Crippen LogP contribution in [0.4, 0.5) is 0 Å². The second-order valence-corrected chi connectivity index (χ2v) is 7.25. The number of aliphatic hydroxyl groups excluding tert-OH is 1. The van der Waals surface area contributed by atoms with Crippen LogP contribution in [-0.2, 0) is 20.8 Å². The van der Waals surface area contributed by atoms with Crippen LogP contribution in [0.25, 0.3) is 0 Å². The first-order valence-electron chi connectivity index (χ1n) is 6.83. The summed E-state index contributed by atoms with van der Waals surface area (Å²) in [6.07, 6.45) is 0.184. The van der Waals surface area contributed by atoms with Gasteiger partial charge in [0.15, 0.2) is 0 Å². The van der Waals surface area contributed by atoms with Crippen LogP contribution in [-0.4, -0.2) is 51.6 Å². The number of thioether (sulfide) groups is 1. The normalized spacial score (nSPS) is 22.4. The number of hydrogen-bond acceptors (Lipinski definition) is 7. The average molecular weight is 376 g/mol. The Bertz CT molecular complexity index is 691. The summed E-state index contributed by atoms with van der Waals surface area (Å²) in [4.78, 5) is 37.4. The molecule has 1 fully saturated rings. The van der Waals surface area contributed by atoms with Crippen molar-refractivity contribution in [3.63, 3.8) is 0 Å². The van der Waals surface area contributed by atoms with E-state index in [1.807, 2.05) is 17.5 Å². The Kier molecular flexibility index (Phi) is 6.52. The van der Waals surface area contributed by atoms with Crippen LogP contribution in [0.2, 0.25) is 0 Å². The third kappa shape index (κ3) is 3.56. The predicted octanol–water partition coefficient (Wildman–Crippen LogP) is -4.31. The molecule has 0 saturated carbocycles. The van der Waals surface area contributed by atoms with Gasteiger partial charge in [-0.2, -0.15) is 0 Å². The molecule has 1 aromatic heterocycles. The zero-order chi connectivity index (χ0) is 16.6. The molecule has 122 valence electrons. The number of rotatable bonds is 5. The average Bonchev–Trinajstić information content (AvgIpc) is 3.03. The molecule has 24 heavy (non-hydrogen) atoms. The summed E-state index contributed by atoms with van der Waals surface area (Å²) >= 11 is 2.77. The fraction of sp³-hybridized carbons (Fsp3) is 0.357. The largest absolute Gasteiger partial charge is 1.00 e. The summed E-state index contributed by atoms with van der Waals surface area (Å²) in [5, 5.41) is 24.5. The molecule has 0 spiro atoms. The van der Waals surface area contributed by atoms with E-state index in [9.17, 15) is 24.6 Å². The number of aliphatic hydroxyl groups is 1. The van der Waals surface area contributed by atoms with Crippen LogP contribution >= 0.6 is 23.1 Å². The number of carboxylic acids is 1. The van der Waals surface area contributed by atoms with Gasteiger partial charge in [-0.15, -0.1) is 23.1 Å². The maximum absolute atomic E-state index is 12.2. The molecular formula is C14H13N2NaO5S2. The molecule has 0 radical (unpaired) electrons. The summed E-state index contributed by atoms with van der Waals surface area (Å²) in [6, 6.07) is 2.93. The van der Waals surface area contributed by atoms with Crippen LogP contribution in [0.3, 0.4) is 0 Å². The third-order valence-electron chi connectivity index (χ3n) is 3.66. The van der Waals surface area contributed by atoms with Gasteiger partial charge >= 0.3 is 29.6 Å². The van der Waals surface area contributed by atoms with Crippen LogP contribution in [0.15, 0.2) is 28.8 Å². The first kappa shape index (κ1) is 19.5. The third-order valence-corrected chi connectivity index (χ3v) is 5.88. The van der Waals surface area contributed by atoms with Gasteiger partial charge in [0, 0.05) is 10.6 Å². The fourth-order valence-corrected chi connectivity index (χ4v) is 4.63. The van der Waals surface area contributed by atoms with E-state index in [1.165, 1.54) is 23.1 Å². The number of fused-ring (bicyclic) bond motifs is 1. The second-order valence-electron chi connectivity index (χ2n) is 5.11. The summed E-state index contributed by atoms with van der Waals surface area (Å²) in [7, 11) is 0. The van der Waals surface area contributed by atoms with Crippen molar-refractivity contribution < 1.29 is 54.2 Å². The van der Waals surface area contributed by atoms with Crippen molar-refractivity contribution in [2.45, 2.75) is 17.8 Å². The minimum Gasteiger partial charge on any atom is -0.543 e. The molecule has 0 unspecified atom stereocenters. The summed E-state index contributed by atoms with van der Waals surface area (Å²) in [5.74, 6) is -1.98. The maximum Gasteiger partial charge on any atom is 1.00 e. The van der Waals surface area contributed by atoms with Gasteiger partial charge < -0.3 is 20.3 Å². The van der Waals surface area contributed by atoms with E-state index >= 15 is 0 Å². The summed E-state index contributed by atoms with van der Waals surface area (Å²) in [6.45, 7) is -0.442. The molecule has 2 atom stereocenters. The van der Waals surface area contributed by atoms with Crippen LogP contribution in [0, 0.1) is 0 Å². The monoisotopic (exact) mass is 376 g/mol. The summed E-state index contributed by atoms with van der Waals surface area (Å²) < 4.78 is 0. The van der Waals surface area contributed by atoms with Crippen molar-refractivity contribution in [1.82, 2.24) is 10.2 Å². The Balaban J connectivity index is 0.00000208. The molecule has 2 aliphatic rings. The van der Waals surface area contributed by atoms with E-state index in [0.29, 0.717) is 0 Å². The van der Waals surface area contributed by atoms with Gasteiger partial charge in [0.05, 0.1) is 24.7 Å². The van der Waals surface area contributed by atoms with Crippen molar-refractivity contribution in [1.29, 1.82) is 0 Å². The van der Waals surface area contributed by atoms with Crippen LogP contribution in [0.1, 0.15) is 4.88 Å². The first-order valence-corrected chi connectivity index (χ1v) is 8.76. The Morgan fingerprint density at radius 1 is 1.46 bits per heavy atom. The number of carbonyl (C=O) groups excluding carboxylic acids is 3. The van der Waals surface area contributed by atoms with E-state index in [2.05, 4.69) is 5.32 Å². The van der Waals surface area contributed by atoms with E-state index in [1.54, 1.807) is 0 Å². The zero-order valence-electron chi connectivity index (χ0n) is 12.9. The number of amides is 2. The summed E-state index contributed by atoms with van der Waals surface area (Å²) in [5.41, 5.74) is -0.0204. The SMILES string of the molecule is O=C(Cc1cccs1)N[C@@H]1C(=O)N2C(C(=O)[O-])=C(CO)CS[C@@H]12.[Na+]. The molecule has 10 heteroatoms. The number of hydrogen-bond donors (Lipinski definition) is 2. The Morgan fingerprint density at radius 2 is 2.21 bits per heavy atom. The van der Waals surface area contributed by atoms with Gasteiger partial charge in [-0.05, 0) is 17.0 Å². The topological polar surface area (TPSA) is 110 Å². The number of carbonyl (C=O) groups is 3. The van der Waals surface area contributed by atoms with E-state index in [4.69, 9.17) is 0 Å². The molecule has 2 N–H and O–H groups in total. The smallest absolute Gasteiger partial charge is 0.543 e. The van der Waals surface area contributed by atoms with Gasteiger partial charge in [-0.25, -0.2) is 0 Å². The molecule has 3 rings (SSSR count). The molecule has 1 aromatic rings. The first-order chi connectivity index (χ1) is 11.0. The van der Waals surface area contributed by atoms with Gasteiger partial charge in [0.1, 0.15) is 11.4 Å². The van der Waals surface area contributed by atoms with E-state index < -0.39 is 29.9 Å². The minimum atomic E-state index is -1.49. The van der Waals surface area contributed by atoms with Gasteiger partial charge in [-0.1, -0.05) is 6.07 Å². The standard InChI is InChI=1S/C14H14N2O5S2.Na/c17-5-7-6-23-13-10(12(19)16(13)11(7)14(20)21)15-9(18)4-8-2-1-3-22-8;/h1-3,10,13,17H,4-6H2,(H,15,18)(H,20,21);/q;+1/p-1/t10-,13+;/m1./s1. The van der Waals surface area contributed by atoms with E-state index in [-0.39, 0.29) is 58.9 Å². The molecule has 1 saturated heterocycles. The molecule has 0 aromatic carbocycles. The molecule has 0 bridgehead atoms. The molecule has 2 amide bonds. The number of nitrogens with zero attached hydrogens (tertiary/aromatic N) is 1. The van der Waals surface area contributed by atoms with Crippen molar-refractivity contribution in [2.75, 3.05) is 12.4 Å². The van der Waals surface area contributed by atoms with Crippen molar-refractivity contribution in [3.05, 3.63) is 33.7 Å². The Morgan fingerprint density at radius 3 is 2.79 bits per heavy atom. The molecule has 0 aliphatic carbocycles. The molecule has 3 heterocycles. The fourth-order valence-electron chi connectivity index (χ4n) is 2.59. The van der Waals surface area contributed by atoms with Crippen molar-refractivity contribution in [2.24, 2.45) is 0 Å². The van der Waals surface area contributed by atoms with Crippen LogP contribution in [0.5, 0.6) is 0 Å². The zero-order valence-corrected chi connectivity index (χ0v) is 16.5. The number of nitrogens with one attached hydrogen (secondary N) is 1. The number of aliphatic carboxylic acids is 1. The second kappa shape index (κ2) is 8.03. The quantitative estimate of drug-likeness (QED) is 0.397. The molecule has 2 aliphatic heterocycles. The minimum absolute atomic E-state index is 0. The van der Waals surface area contributed by atoms with Crippen molar-refractivity contribution >= 4 is 40.9 Å². The molecule has 7 nitrogen and oxygen atoms in total. The predicted molar refractivity (Wildman–Crippen MR) is 82.2 cm³/mol. The molecular weight excluding hydrogens is 363 g/mol. The van der Waals surface area contributed by atoms with Crippen molar-refractivity contribution in [3.8, 4) is 0 Å². The van der Waals surface area contributed by atoms with Gasteiger partial charge in [0.25, 0.3) is 5.91 Å². The van der Waals surface area contributed by atoms with Crippen LogP contribution < -0.4 is 40.0 Å². The van der Waals surface area contributed by atoms with Gasteiger partial charge in [-0.3, -0.25) is 14.5 Å². The maximum atomic E-state index is 12.2. The number of thiophene rings is 1. The number of carboxylic acid groups (broad SMARTS) is 1. The Labute approximate surface area is 168 Å². The van der Waals surface area contributed by atoms with E-state index in [0.717, 1.165) is 9.78 Å². The van der Waals surface area contributed by atoms with Gasteiger partial charge in [0.2, 0.25) is 5.91 Å². The number of β-lactam (4-membered cyclic amide) rings is 1.